The van der Waals surface area contributed by atoms with Crippen LogP contribution in [0, 0.1) is 0 Å². The van der Waals surface area contributed by atoms with Crippen molar-refractivity contribution in [2.24, 2.45) is 0 Å². The molecule has 3 N–H and O–H groups in total. The predicted molar refractivity (Wildman–Crippen MR) is 79.3 cm³/mol. The van der Waals surface area contributed by atoms with E-state index in [9.17, 15) is 9.00 Å². The monoisotopic (exact) mass is 348 g/mol. The lowest BCUT2D eigenvalue weighted by Crippen LogP contribution is -2.38. The molecule has 2 unspecified atom stereocenters. The van der Waals surface area contributed by atoms with Crippen molar-refractivity contribution in [2.45, 2.75) is 17.9 Å². The molecule has 0 aliphatic carbocycles. The summed E-state index contributed by atoms with van der Waals surface area (Å²) in [4.78, 5) is 12.2. The number of hydrogen-bond acceptors (Lipinski definition) is 4. The van der Waals surface area contributed by atoms with Gasteiger partial charge in [0.05, 0.1) is 22.3 Å². The average Bonchev–Trinajstić information content (AvgIpc) is 2.28. The van der Waals surface area contributed by atoms with Crippen LogP contribution in [0.2, 0.25) is 0 Å². The molecule has 1 amide bonds. The summed E-state index contributed by atoms with van der Waals surface area (Å²) < 4.78 is 17.8. The van der Waals surface area contributed by atoms with Gasteiger partial charge in [-0.3, -0.25) is 9.00 Å². The Morgan fingerprint density at radius 3 is 2.84 bits per heavy atom. The molecule has 0 saturated carbocycles. The van der Waals surface area contributed by atoms with Gasteiger partial charge >= 0.3 is 0 Å². The van der Waals surface area contributed by atoms with E-state index in [1.165, 1.54) is 0 Å². The second-order valence-corrected chi connectivity index (χ2v) is 6.43. The van der Waals surface area contributed by atoms with Gasteiger partial charge in [-0.1, -0.05) is 15.9 Å². The molecule has 0 aliphatic rings. The zero-order chi connectivity index (χ0) is 14.4. The topological polar surface area (TPSA) is 81.4 Å². The van der Waals surface area contributed by atoms with Gasteiger partial charge in [-0.2, -0.15) is 0 Å². The minimum Gasteiger partial charge on any atom is -0.398 e. The highest BCUT2D eigenvalue weighted by Gasteiger charge is 2.14. The molecule has 1 aromatic carbocycles. The lowest BCUT2D eigenvalue weighted by atomic mass is 10.3. The summed E-state index contributed by atoms with van der Waals surface area (Å²) in [6.45, 7) is 2.23. The van der Waals surface area contributed by atoms with E-state index in [-0.39, 0.29) is 17.7 Å². The maximum absolute atomic E-state index is 12.1. The molecule has 1 rings (SSSR count). The Bertz CT molecular complexity index is 482. The van der Waals surface area contributed by atoms with E-state index in [1.54, 1.807) is 25.3 Å². The van der Waals surface area contributed by atoms with E-state index in [0.29, 0.717) is 17.2 Å². The number of nitrogens with two attached hydrogens (primary N) is 1. The van der Waals surface area contributed by atoms with Gasteiger partial charge in [0.2, 0.25) is 5.91 Å². The van der Waals surface area contributed by atoms with Gasteiger partial charge < -0.3 is 15.8 Å². The zero-order valence-electron chi connectivity index (χ0n) is 10.8. The third-order valence-electron chi connectivity index (χ3n) is 2.30. The van der Waals surface area contributed by atoms with Crippen LogP contribution in [0.15, 0.2) is 27.6 Å². The second-order valence-electron chi connectivity index (χ2n) is 4.10. The molecule has 5 nitrogen and oxygen atoms in total. The molecule has 106 valence electrons. The summed E-state index contributed by atoms with van der Waals surface area (Å²) in [7, 11) is 0.106. The van der Waals surface area contributed by atoms with Crippen LogP contribution in [-0.4, -0.2) is 35.6 Å². The fraction of sp³-hybridized carbons (Fsp3) is 0.417. The normalized spacial score (nSPS) is 13.8. The van der Waals surface area contributed by atoms with Crippen molar-refractivity contribution in [3.8, 4) is 0 Å². The highest BCUT2D eigenvalue weighted by atomic mass is 79.9. The number of nitrogen functional groups attached to an aromatic ring is 1. The van der Waals surface area contributed by atoms with E-state index in [2.05, 4.69) is 21.2 Å². The number of nitrogens with one attached hydrogen (secondary N) is 1. The van der Waals surface area contributed by atoms with Gasteiger partial charge in [-0.05, 0) is 25.1 Å². The number of carbonyl (C=O) groups excluding carboxylic acids is 1. The predicted octanol–water partition coefficient (Wildman–Crippen LogP) is 1.29. The molecule has 1 aromatic rings. The highest BCUT2D eigenvalue weighted by molar-refractivity contribution is 9.10. The quantitative estimate of drug-likeness (QED) is 0.759. The molecule has 0 aliphatic heterocycles. The Balaban J connectivity index is 2.62. The number of halogens is 1. The van der Waals surface area contributed by atoms with Gasteiger partial charge in [-0.15, -0.1) is 0 Å². The van der Waals surface area contributed by atoms with Gasteiger partial charge in [0.1, 0.15) is 5.75 Å². The van der Waals surface area contributed by atoms with Gasteiger partial charge in [0.15, 0.2) is 0 Å². The molecule has 0 radical (unpaired) electrons. The molecule has 0 bridgehead atoms. The maximum atomic E-state index is 12.1. The molecule has 0 fully saturated rings. The van der Waals surface area contributed by atoms with Crippen LogP contribution in [0.3, 0.4) is 0 Å². The SMILES string of the molecule is COCC(C)NC(=O)CS(=O)c1ccc(Br)cc1N. The van der Waals surface area contributed by atoms with Crippen LogP contribution >= 0.6 is 15.9 Å². The summed E-state index contributed by atoms with van der Waals surface area (Å²) in [5.74, 6) is -0.398. The van der Waals surface area contributed by atoms with Crippen molar-refractivity contribution in [1.82, 2.24) is 5.32 Å². The third-order valence-corrected chi connectivity index (χ3v) is 4.18. The van der Waals surface area contributed by atoms with Gasteiger partial charge in [0, 0.05) is 23.3 Å². The van der Waals surface area contributed by atoms with Crippen LogP contribution in [0.25, 0.3) is 0 Å². The van der Waals surface area contributed by atoms with E-state index < -0.39 is 10.8 Å². The van der Waals surface area contributed by atoms with Gasteiger partial charge in [-0.25, -0.2) is 0 Å². The van der Waals surface area contributed by atoms with Crippen LogP contribution in [0.4, 0.5) is 5.69 Å². The lowest BCUT2D eigenvalue weighted by Gasteiger charge is -2.12. The van der Waals surface area contributed by atoms with E-state index in [1.807, 2.05) is 6.92 Å². The first kappa shape index (κ1) is 16.1. The second kappa shape index (κ2) is 7.62. The minimum atomic E-state index is -1.45. The summed E-state index contributed by atoms with van der Waals surface area (Å²) in [5, 5.41) is 2.71. The molecule has 0 heterocycles. The molecular formula is C12H17BrN2O3S. The van der Waals surface area contributed by atoms with Crippen molar-refractivity contribution >= 4 is 38.3 Å². The Morgan fingerprint density at radius 2 is 2.26 bits per heavy atom. The molecule has 0 saturated heterocycles. The van der Waals surface area contributed by atoms with Crippen molar-refractivity contribution in [3.05, 3.63) is 22.7 Å². The number of methoxy groups -OCH3 is 1. The van der Waals surface area contributed by atoms with Crippen LogP contribution in [0.1, 0.15) is 6.92 Å². The number of benzene rings is 1. The summed E-state index contributed by atoms with van der Waals surface area (Å²) in [6, 6.07) is 4.95. The minimum absolute atomic E-state index is 0.111. The van der Waals surface area contributed by atoms with E-state index in [0.717, 1.165) is 4.47 Å². The van der Waals surface area contributed by atoms with E-state index in [4.69, 9.17) is 10.5 Å². The summed E-state index contributed by atoms with van der Waals surface area (Å²) >= 11 is 3.27. The molecule has 2 atom stereocenters. The van der Waals surface area contributed by atoms with Crippen molar-refractivity contribution in [3.63, 3.8) is 0 Å². The number of amides is 1. The van der Waals surface area contributed by atoms with Crippen LogP contribution in [-0.2, 0) is 20.3 Å². The summed E-state index contributed by atoms with van der Waals surface area (Å²) in [6.07, 6.45) is 0. The number of ether oxygens (including phenoxy) is 1. The summed E-state index contributed by atoms with van der Waals surface area (Å²) in [5.41, 5.74) is 6.18. The molecule has 19 heavy (non-hydrogen) atoms. The Hall–Kier alpha value is -0.920. The smallest absolute Gasteiger partial charge is 0.233 e. The van der Waals surface area contributed by atoms with Crippen molar-refractivity contribution in [1.29, 1.82) is 0 Å². The molecule has 0 spiro atoms. The zero-order valence-corrected chi connectivity index (χ0v) is 13.2. The maximum Gasteiger partial charge on any atom is 0.233 e. The number of hydrogen-bond donors (Lipinski definition) is 2. The fourth-order valence-electron chi connectivity index (χ4n) is 1.53. The molecule has 0 aromatic heterocycles. The number of anilines is 1. The fourth-order valence-corrected chi connectivity index (χ4v) is 2.93. The Morgan fingerprint density at radius 1 is 1.58 bits per heavy atom. The first-order chi connectivity index (χ1) is 8.93. The largest absolute Gasteiger partial charge is 0.398 e. The third kappa shape index (κ3) is 5.30. The van der Waals surface area contributed by atoms with Crippen molar-refractivity contribution < 1.29 is 13.7 Å². The first-order valence-electron chi connectivity index (χ1n) is 5.65. The Kier molecular flexibility index (Phi) is 6.47. The van der Waals surface area contributed by atoms with Crippen LogP contribution in [0.5, 0.6) is 0 Å². The number of rotatable bonds is 6. The molecular weight excluding hydrogens is 332 g/mol. The molecule has 7 heteroatoms. The average molecular weight is 349 g/mol. The lowest BCUT2D eigenvalue weighted by molar-refractivity contribution is -0.119. The van der Waals surface area contributed by atoms with Crippen molar-refractivity contribution in [2.75, 3.05) is 25.2 Å². The van der Waals surface area contributed by atoms with Crippen LogP contribution < -0.4 is 11.1 Å². The number of carbonyl (C=O) groups is 1. The van der Waals surface area contributed by atoms with Gasteiger partial charge in [0.25, 0.3) is 0 Å². The van der Waals surface area contributed by atoms with E-state index >= 15 is 0 Å². The highest BCUT2D eigenvalue weighted by Crippen LogP contribution is 2.21. The Labute approximate surface area is 123 Å². The first-order valence-corrected chi connectivity index (χ1v) is 7.77. The standard InChI is InChI=1S/C12H17BrN2O3S/c1-8(6-18-2)15-12(16)7-19(17)11-4-3-9(13)5-10(11)14/h3-5,8H,6-7,14H2,1-2H3,(H,15,16).